The summed E-state index contributed by atoms with van der Waals surface area (Å²) >= 11 is 0. The van der Waals surface area contributed by atoms with Crippen LogP contribution in [-0.2, 0) is 12.8 Å². The van der Waals surface area contributed by atoms with Gasteiger partial charge in [0.1, 0.15) is 11.5 Å². The molecule has 3 nitrogen and oxygen atoms in total. The lowest BCUT2D eigenvalue weighted by atomic mass is 9.95. The van der Waals surface area contributed by atoms with Gasteiger partial charge in [-0.25, -0.2) is 0 Å². The number of hydrogen-bond donors (Lipinski definition) is 0. The second-order valence-electron chi connectivity index (χ2n) is 6.12. The Morgan fingerprint density at radius 1 is 0.920 bits per heavy atom. The molecule has 2 aromatic carbocycles. The van der Waals surface area contributed by atoms with Crippen molar-refractivity contribution in [3.05, 3.63) is 94.4 Å². The second kappa shape index (κ2) is 7.31. The molecule has 3 rings (SSSR count). The van der Waals surface area contributed by atoms with Gasteiger partial charge in [0.15, 0.2) is 11.6 Å². The van der Waals surface area contributed by atoms with Crippen molar-refractivity contribution >= 4 is 11.6 Å². The number of benzene rings is 2. The van der Waals surface area contributed by atoms with Gasteiger partial charge in [0.25, 0.3) is 0 Å². The zero-order valence-corrected chi connectivity index (χ0v) is 14.4. The Labute approximate surface area is 147 Å². The Balaban J connectivity index is 1.98. The van der Waals surface area contributed by atoms with E-state index >= 15 is 0 Å². The third-order valence-corrected chi connectivity index (χ3v) is 4.26. The van der Waals surface area contributed by atoms with E-state index in [9.17, 15) is 9.59 Å². The fraction of sp³-hybridized carbons (Fsp3) is 0.182. The first kappa shape index (κ1) is 16.9. The Bertz CT molecular complexity index is 890. The highest BCUT2D eigenvalue weighted by molar-refractivity contribution is 6.02. The zero-order chi connectivity index (χ0) is 17.8. The molecule has 0 atom stereocenters. The molecule has 1 heterocycles. The van der Waals surface area contributed by atoms with Crippen molar-refractivity contribution < 1.29 is 14.0 Å². The Morgan fingerprint density at radius 3 is 2.12 bits per heavy atom. The third-order valence-electron chi connectivity index (χ3n) is 4.26. The number of Topliss-reactive ketones (excluding diaryl/α,β-unsaturated/α-hetero) is 2. The normalized spacial score (nSPS) is 10.6. The average molecular weight is 332 g/mol. The first-order valence-corrected chi connectivity index (χ1v) is 8.30. The van der Waals surface area contributed by atoms with Gasteiger partial charge in [0.05, 0.1) is 5.56 Å². The lowest BCUT2D eigenvalue weighted by Crippen LogP contribution is -2.08. The Kier molecular flexibility index (Phi) is 4.94. The fourth-order valence-electron chi connectivity index (χ4n) is 3.11. The maximum Gasteiger partial charge on any atom is 0.167 e. The number of ketones is 2. The minimum atomic E-state index is -0.0728. The Hall–Kier alpha value is -2.94. The maximum atomic E-state index is 12.6. The number of hydrogen-bond acceptors (Lipinski definition) is 3. The standard InChI is InChI=1S/C22H20O3/c1-15(23)22-16(2)25-21(13-17-9-5-3-6-10-17)19(22)14-20(24)18-11-7-4-8-12-18/h3-12H,13-14H2,1-2H3. The molecule has 3 aromatic rings. The van der Waals surface area contributed by atoms with E-state index in [0.717, 1.165) is 5.56 Å². The van der Waals surface area contributed by atoms with Crippen LogP contribution in [0.25, 0.3) is 0 Å². The van der Waals surface area contributed by atoms with E-state index < -0.39 is 0 Å². The largest absolute Gasteiger partial charge is 0.465 e. The summed E-state index contributed by atoms with van der Waals surface area (Å²) in [6.45, 7) is 3.29. The van der Waals surface area contributed by atoms with Crippen LogP contribution in [0.3, 0.4) is 0 Å². The van der Waals surface area contributed by atoms with Gasteiger partial charge in [-0.15, -0.1) is 0 Å². The first-order valence-electron chi connectivity index (χ1n) is 8.30. The smallest absolute Gasteiger partial charge is 0.167 e. The van der Waals surface area contributed by atoms with Gasteiger partial charge in [0, 0.05) is 24.0 Å². The van der Waals surface area contributed by atoms with Gasteiger partial charge in [-0.1, -0.05) is 60.7 Å². The summed E-state index contributed by atoms with van der Waals surface area (Å²) in [4.78, 5) is 24.7. The minimum absolute atomic E-state index is 0.0155. The van der Waals surface area contributed by atoms with Crippen LogP contribution in [0.5, 0.6) is 0 Å². The number of furan rings is 1. The lowest BCUT2D eigenvalue weighted by Gasteiger charge is -2.05. The highest BCUT2D eigenvalue weighted by Crippen LogP contribution is 2.27. The summed E-state index contributed by atoms with van der Waals surface area (Å²) in [5.74, 6) is 1.18. The molecule has 0 aliphatic heterocycles. The first-order chi connectivity index (χ1) is 12.1. The molecule has 1 aromatic heterocycles. The average Bonchev–Trinajstić information content (AvgIpc) is 2.91. The summed E-state index contributed by atoms with van der Waals surface area (Å²) in [5, 5.41) is 0. The number of carbonyl (C=O) groups is 2. The van der Waals surface area contributed by atoms with Crippen molar-refractivity contribution in [1.29, 1.82) is 0 Å². The highest BCUT2D eigenvalue weighted by Gasteiger charge is 2.23. The van der Waals surface area contributed by atoms with Crippen LogP contribution in [0.4, 0.5) is 0 Å². The summed E-state index contributed by atoms with van der Waals surface area (Å²) in [5.41, 5.74) is 2.97. The quantitative estimate of drug-likeness (QED) is 0.609. The van der Waals surface area contributed by atoms with Crippen LogP contribution < -0.4 is 0 Å². The molecular formula is C22H20O3. The van der Waals surface area contributed by atoms with E-state index in [1.165, 1.54) is 6.92 Å². The molecule has 0 radical (unpaired) electrons. The molecule has 0 spiro atoms. The van der Waals surface area contributed by atoms with Gasteiger partial charge in [-0.2, -0.15) is 0 Å². The van der Waals surface area contributed by atoms with Crippen LogP contribution in [-0.4, -0.2) is 11.6 Å². The molecule has 25 heavy (non-hydrogen) atoms. The molecule has 0 fully saturated rings. The van der Waals surface area contributed by atoms with Gasteiger partial charge in [-0.05, 0) is 19.4 Å². The van der Waals surface area contributed by atoms with Crippen molar-refractivity contribution in [2.45, 2.75) is 26.7 Å². The monoisotopic (exact) mass is 332 g/mol. The molecule has 0 unspecified atom stereocenters. The van der Waals surface area contributed by atoms with Gasteiger partial charge >= 0.3 is 0 Å². The molecule has 0 amide bonds. The van der Waals surface area contributed by atoms with Crippen molar-refractivity contribution in [1.82, 2.24) is 0 Å². The summed E-state index contributed by atoms with van der Waals surface area (Å²) < 4.78 is 5.87. The Morgan fingerprint density at radius 2 is 1.52 bits per heavy atom. The van der Waals surface area contributed by atoms with Crippen molar-refractivity contribution in [2.24, 2.45) is 0 Å². The highest BCUT2D eigenvalue weighted by atomic mass is 16.3. The van der Waals surface area contributed by atoms with E-state index in [4.69, 9.17) is 4.42 Å². The molecule has 126 valence electrons. The fourth-order valence-corrected chi connectivity index (χ4v) is 3.11. The lowest BCUT2D eigenvalue weighted by molar-refractivity contribution is 0.0992. The van der Waals surface area contributed by atoms with Crippen LogP contribution in [0.2, 0.25) is 0 Å². The molecule has 0 bridgehead atoms. The van der Waals surface area contributed by atoms with Crippen molar-refractivity contribution in [3.8, 4) is 0 Å². The zero-order valence-electron chi connectivity index (χ0n) is 14.4. The van der Waals surface area contributed by atoms with Crippen LogP contribution in [0, 0.1) is 6.92 Å². The predicted molar refractivity (Wildman–Crippen MR) is 97.2 cm³/mol. The van der Waals surface area contributed by atoms with E-state index in [0.29, 0.717) is 34.6 Å². The van der Waals surface area contributed by atoms with Crippen LogP contribution >= 0.6 is 0 Å². The third kappa shape index (κ3) is 3.77. The summed E-state index contributed by atoms with van der Waals surface area (Å²) in [6, 6.07) is 19.0. The van der Waals surface area contributed by atoms with Crippen LogP contribution in [0.15, 0.2) is 65.1 Å². The van der Waals surface area contributed by atoms with Gasteiger partial charge in [0.2, 0.25) is 0 Å². The van der Waals surface area contributed by atoms with E-state index in [-0.39, 0.29) is 18.0 Å². The molecule has 0 aliphatic rings. The topological polar surface area (TPSA) is 47.3 Å². The number of carbonyl (C=O) groups excluding carboxylic acids is 2. The van der Waals surface area contributed by atoms with E-state index in [2.05, 4.69) is 0 Å². The molecule has 0 saturated heterocycles. The van der Waals surface area contributed by atoms with Crippen molar-refractivity contribution in [3.63, 3.8) is 0 Å². The van der Waals surface area contributed by atoms with E-state index in [1.54, 1.807) is 19.1 Å². The number of rotatable bonds is 6. The summed E-state index contributed by atoms with van der Waals surface area (Å²) in [7, 11) is 0. The van der Waals surface area contributed by atoms with Crippen LogP contribution in [0.1, 0.15) is 50.3 Å². The minimum Gasteiger partial charge on any atom is -0.465 e. The maximum absolute atomic E-state index is 12.6. The molecule has 0 N–H and O–H groups in total. The molecule has 3 heteroatoms. The SMILES string of the molecule is CC(=O)c1c(C)oc(Cc2ccccc2)c1CC(=O)c1ccccc1. The molecular weight excluding hydrogens is 312 g/mol. The van der Waals surface area contributed by atoms with Gasteiger partial charge < -0.3 is 4.42 Å². The van der Waals surface area contributed by atoms with Gasteiger partial charge in [-0.3, -0.25) is 9.59 Å². The molecule has 0 aliphatic carbocycles. The number of aryl methyl sites for hydroxylation is 1. The van der Waals surface area contributed by atoms with Crippen molar-refractivity contribution in [2.75, 3.05) is 0 Å². The predicted octanol–water partition coefficient (Wildman–Crippen LogP) is 4.81. The summed E-state index contributed by atoms with van der Waals surface area (Å²) in [6.07, 6.45) is 0.727. The second-order valence-corrected chi connectivity index (χ2v) is 6.12. The molecule has 0 saturated carbocycles. The van der Waals surface area contributed by atoms with E-state index in [1.807, 2.05) is 48.5 Å².